The van der Waals surface area contributed by atoms with Crippen LogP contribution in [0.2, 0.25) is 0 Å². The van der Waals surface area contributed by atoms with Crippen molar-refractivity contribution in [1.29, 1.82) is 0 Å². The molecule has 0 radical (unpaired) electrons. The number of likely N-dealkylation sites (tertiary alicyclic amines) is 3. The summed E-state index contributed by atoms with van der Waals surface area (Å²) < 4.78 is 0. The highest BCUT2D eigenvalue weighted by atomic mass is 16.2. The number of carbonyl (C=O) groups is 1. The molecule has 2 N–H and O–H groups in total. The Labute approximate surface area is 135 Å². The minimum atomic E-state index is 0.296. The number of nitrogens with two attached hydrogens (primary N) is 1. The first-order chi connectivity index (χ1) is 10.7. The molecule has 3 fully saturated rings. The van der Waals surface area contributed by atoms with Crippen molar-refractivity contribution in [2.45, 2.75) is 57.4 Å². The predicted octanol–water partition coefficient (Wildman–Crippen LogP) is 2.12. The van der Waals surface area contributed by atoms with Gasteiger partial charge >= 0.3 is 6.03 Å². The van der Waals surface area contributed by atoms with E-state index < -0.39 is 0 Å². The second-order valence-corrected chi connectivity index (χ2v) is 7.02. The van der Waals surface area contributed by atoms with Crippen LogP contribution in [0, 0.1) is 0 Å². The van der Waals surface area contributed by atoms with Gasteiger partial charge in [0.2, 0.25) is 0 Å². The SMILES string of the molecule is CN1CCC(N)CC1.O=C(N1CCCCC1)N1CCCCC1. The predicted molar refractivity (Wildman–Crippen MR) is 91.0 cm³/mol. The fraction of sp³-hybridized carbons (Fsp3) is 0.941. The summed E-state index contributed by atoms with van der Waals surface area (Å²) in [5.41, 5.74) is 5.67. The number of amides is 2. The normalized spacial score (nSPS) is 24.6. The van der Waals surface area contributed by atoms with Crippen molar-refractivity contribution < 1.29 is 4.79 Å². The first-order valence-corrected chi connectivity index (χ1v) is 9.15. The Bertz CT molecular complexity index is 287. The van der Waals surface area contributed by atoms with E-state index in [9.17, 15) is 4.79 Å². The molecular formula is C17H34N4O. The Balaban J connectivity index is 0.000000188. The molecule has 5 heteroatoms. The maximum absolute atomic E-state index is 12.0. The van der Waals surface area contributed by atoms with E-state index in [0.29, 0.717) is 12.1 Å². The number of urea groups is 1. The standard InChI is InChI=1S/C11H20N2O.C6H14N2/c14-11(12-7-3-1-4-8-12)13-9-5-2-6-10-13;1-8-4-2-6(7)3-5-8/h1-10H2;6H,2-5,7H2,1H3. The van der Waals surface area contributed by atoms with E-state index in [-0.39, 0.29) is 0 Å². The van der Waals surface area contributed by atoms with E-state index in [2.05, 4.69) is 11.9 Å². The fourth-order valence-corrected chi connectivity index (χ4v) is 3.40. The second-order valence-electron chi connectivity index (χ2n) is 7.02. The summed E-state index contributed by atoms with van der Waals surface area (Å²) in [7, 11) is 2.14. The summed E-state index contributed by atoms with van der Waals surface area (Å²) in [6, 6.07) is 0.774. The molecule has 3 heterocycles. The number of piperidine rings is 3. The summed E-state index contributed by atoms with van der Waals surface area (Å²) >= 11 is 0. The van der Waals surface area contributed by atoms with Gasteiger partial charge in [-0.05, 0) is 71.5 Å². The van der Waals surface area contributed by atoms with Gasteiger partial charge in [-0.15, -0.1) is 0 Å². The maximum Gasteiger partial charge on any atom is 0.319 e. The Morgan fingerprint density at radius 2 is 1.18 bits per heavy atom. The fourth-order valence-electron chi connectivity index (χ4n) is 3.40. The highest BCUT2D eigenvalue weighted by Crippen LogP contribution is 2.15. The van der Waals surface area contributed by atoms with Crippen molar-refractivity contribution >= 4 is 6.03 Å². The Morgan fingerprint density at radius 1 is 0.773 bits per heavy atom. The number of nitrogens with zero attached hydrogens (tertiary/aromatic N) is 3. The van der Waals surface area contributed by atoms with Crippen LogP contribution in [0.5, 0.6) is 0 Å². The van der Waals surface area contributed by atoms with Crippen molar-refractivity contribution in [3.8, 4) is 0 Å². The van der Waals surface area contributed by atoms with Gasteiger partial charge in [0.1, 0.15) is 0 Å². The van der Waals surface area contributed by atoms with E-state index in [1.165, 1.54) is 64.5 Å². The number of rotatable bonds is 0. The van der Waals surface area contributed by atoms with Crippen LogP contribution in [0.3, 0.4) is 0 Å². The van der Waals surface area contributed by atoms with Crippen molar-refractivity contribution in [2.24, 2.45) is 5.73 Å². The van der Waals surface area contributed by atoms with Crippen molar-refractivity contribution in [2.75, 3.05) is 46.3 Å². The lowest BCUT2D eigenvalue weighted by Gasteiger charge is -2.34. The molecule has 5 nitrogen and oxygen atoms in total. The Hall–Kier alpha value is -0.810. The van der Waals surface area contributed by atoms with E-state index in [4.69, 9.17) is 5.73 Å². The summed E-state index contributed by atoms with van der Waals surface area (Å²) in [4.78, 5) is 18.4. The van der Waals surface area contributed by atoms with Crippen LogP contribution in [0.1, 0.15) is 51.4 Å². The zero-order valence-corrected chi connectivity index (χ0v) is 14.3. The molecule has 0 aromatic heterocycles. The zero-order chi connectivity index (χ0) is 15.8. The van der Waals surface area contributed by atoms with Gasteiger partial charge in [-0.2, -0.15) is 0 Å². The zero-order valence-electron chi connectivity index (χ0n) is 14.3. The van der Waals surface area contributed by atoms with Gasteiger partial charge in [-0.1, -0.05) is 0 Å². The van der Waals surface area contributed by atoms with E-state index >= 15 is 0 Å². The van der Waals surface area contributed by atoms with Gasteiger partial charge in [-0.25, -0.2) is 4.79 Å². The van der Waals surface area contributed by atoms with Gasteiger partial charge in [0.25, 0.3) is 0 Å². The van der Waals surface area contributed by atoms with E-state index in [0.717, 1.165) is 26.2 Å². The average Bonchev–Trinajstić information content (AvgIpc) is 2.59. The van der Waals surface area contributed by atoms with Crippen molar-refractivity contribution in [3.05, 3.63) is 0 Å². The minimum Gasteiger partial charge on any atom is -0.328 e. The average molecular weight is 310 g/mol. The molecule has 0 atom stereocenters. The number of hydrogen-bond acceptors (Lipinski definition) is 3. The summed E-state index contributed by atoms with van der Waals surface area (Å²) in [6.45, 7) is 6.29. The maximum atomic E-state index is 12.0. The lowest BCUT2D eigenvalue weighted by Crippen LogP contribution is -2.47. The molecular weight excluding hydrogens is 276 g/mol. The van der Waals surface area contributed by atoms with E-state index in [1.807, 2.05) is 9.80 Å². The quantitative estimate of drug-likeness (QED) is 0.745. The second kappa shape index (κ2) is 9.36. The monoisotopic (exact) mass is 310 g/mol. The van der Waals surface area contributed by atoms with Gasteiger partial charge < -0.3 is 20.4 Å². The minimum absolute atomic E-state index is 0.296. The van der Waals surface area contributed by atoms with Crippen LogP contribution in [-0.2, 0) is 0 Å². The van der Waals surface area contributed by atoms with Gasteiger partial charge in [0.15, 0.2) is 0 Å². The molecule has 0 saturated carbocycles. The molecule has 0 aromatic rings. The molecule has 3 aliphatic heterocycles. The molecule has 0 bridgehead atoms. The van der Waals surface area contributed by atoms with Crippen LogP contribution >= 0.6 is 0 Å². The molecule has 2 amide bonds. The molecule has 3 saturated heterocycles. The van der Waals surface area contributed by atoms with Gasteiger partial charge in [0, 0.05) is 32.2 Å². The molecule has 3 aliphatic rings. The number of carbonyl (C=O) groups excluding carboxylic acids is 1. The van der Waals surface area contributed by atoms with Gasteiger partial charge in [-0.3, -0.25) is 0 Å². The first kappa shape index (κ1) is 17.5. The largest absolute Gasteiger partial charge is 0.328 e. The van der Waals surface area contributed by atoms with Crippen LogP contribution in [0.15, 0.2) is 0 Å². The molecule has 0 aliphatic carbocycles. The topological polar surface area (TPSA) is 52.8 Å². The molecule has 0 spiro atoms. The first-order valence-electron chi connectivity index (χ1n) is 9.15. The highest BCUT2D eigenvalue weighted by molar-refractivity contribution is 5.74. The molecule has 3 rings (SSSR count). The smallest absolute Gasteiger partial charge is 0.319 e. The summed E-state index contributed by atoms with van der Waals surface area (Å²) in [5, 5.41) is 0. The number of hydrogen-bond donors (Lipinski definition) is 1. The van der Waals surface area contributed by atoms with Crippen molar-refractivity contribution in [1.82, 2.24) is 14.7 Å². The summed E-state index contributed by atoms with van der Waals surface area (Å²) in [5.74, 6) is 0. The van der Waals surface area contributed by atoms with Crippen molar-refractivity contribution in [3.63, 3.8) is 0 Å². The Morgan fingerprint density at radius 3 is 1.55 bits per heavy atom. The third-order valence-corrected chi connectivity index (χ3v) is 5.02. The Kier molecular flexibility index (Phi) is 7.46. The molecule has 22 heavy (non-hydrogen) atoms. The lowest BCUT2D eigenvalue weighted by molar-refractivity contribution is 0.135. The van der Waals surface area contributed by atoms with Gasteiger partial charge in [0.05, 0.1) is 0 Å². The van der Waals surface area contributed by atoms with Crippen LogP contribution < -0.4 is 5.73 Å². The molecule has 128 valence electrons. The van der Waals surface area contributed by atoms with Crippen LogP contribution in [0.4, 0.5) is 4.79 Å². The molecule has 0 aromatic carbocycles. The van der Waals surface area contributed by atoms with Crippen LogP contribution in [-0.4, -0.2) is 73.1 Å². The highest BCUT2D eigenvalue weighted by Gasteiger charge is 2.23. The van der Waals surface area contributed by atoms with E-state index in [1.54, 1.807) is 0 Å². The third-order valence-electron chi connectivity index (χ3n) is 5.02. The lowest BCUT2D eigenvalue weighted by atomic mass is 10.1. The summed E-state index contributed by atoms with van der Waals surface area (Å²) in [6.07, 6.45) is 9.72. The third kappa shape index (κ3) is 5.76. The van der Waals surface area contributed by atoms with Crippen LogP contribution in [0.25, 0.3) is 0 Å². The molecule has 0 unspecified atom stereocenters.